The quantitative estimate of drug-likeness (QED) is 0.299. The molecule has 0 spiro atoms. The van der Waals surface area contributed by atoms with Crippen molar-refractivity contribution < 1.29 is 19.0 Å². The van der Waals surface area contributed by atoms with E-state index in [-0.39, 0.29) is 18.1 Å². The van der Waals surface area contributed by atoms with Crippen molar-refractivity contribution in [1.29, 1.82) is 0 Å². The molecule has 212 valence electrons. The van der Waals surface area contributed by atoms with Gasteiger partial charge in [-0.25, -0.2) is 4.99 Å². The van der Waals surface area contributed by atoms with Gasteiger partial charge < -0.3 is 19.5 Å². The molecule has 1 amide bonds. The van der Waals surface area contributed by atoms with Crippen LogP contribution in [0.4, 0.5) is 5.69 Å². The van der Waals surface area contributed by atoms with Gasteiger partial charge in [0.05, 0.1) is 35.6 Å². The summed E-state index contributed by atoms with van der Waals surface area (Å²) in [6.45, 7) is 4.21. The molecule has 2 heterocycles. The molecule has 0 aliphatic carbocycles. The van der Waals surface area contributed by atoms with Crippen LogP contribution in [0.1, 0.15) is 31.0 Å². The summed E-state index contributed by atoms with van der Waals surface area (Å²) >= 11 is 1.26. The van der Waals surface area contributed by atoms with Gasteiger partial charge >= 0.3 is 0 Å². The highest BCUT2D eigenvalue weighted by molar-refractivity contribution is 7.07. The Morgan fingerprint density at radius 2 is 1.90 bits per heavy atom. The number of allylic oxidation sites excluding steroid dienone is 1. The molecule has 3 aromatic carbocycles. The minimum atomic E-state index is -0.722. The third-order valence-electron chi connectivity index (χ3n) is 6.58. The van der Waals surface area contributed by atoms with Crippen LogP contribution < -0.4 is 34.4 Å². The molecule has 0 unspecified atom stereocenters. The fourth-order valence-electron chi connectivity index (χ4n) is 4.73. The lowest BCUT2D eigenvalue weighted by atomic mass is 9.95. The van der Waals surface area contributed by atoms with E-state index in [0.717, 1.165) is 11.1 Å². The van der Waals surface area contributed by atoms with E-state index in [1.54, 1.807) is 36.8 Å². The number of anilines is 1. The molecule has 1 N–H and O–H groups in total. The number of amides is 1. The maximum absolute atomic E-state index is 14.0. The van der Waals surface area contributed by atoms with E-state index in [1.165, 1.54) is 11.3 Å². The van der Waals surface area contributed by atoms with Crippen molar-refractivity contribution in [1.82, 2.24) is 4.57 Å². The highest BCUT2D eigenvalue weighted by Crippen LogP contribution is 2.33. The number of nitrogens with one attached hydrogen (secondary N) is 1. The molecule has 0 saturated carbocycles. The normalized spacial score (nSPS) is 14.4. The van der Waals surface area contributed by atoms with Gasteiger partial charge in [0.2, 0.25) is 0 Å². The smallest absolute Gasteiger partial charge is 0.271 e. The van der Waals surface area contributed by atoms with Crippen molar-refractivity contribution in [2.24, 2.45) is 4.99 Å². The molecule has 0 saturated heterocycles. The zero-order chi connectivity index (χ0) is 29.6. The number of benzene rings is 3. The molecule has 1 aromatic heterocycles. The molecular formula is C33H29N3O5S. The van der Waals surface area contributed by atoms with Gasteiger partial charge in [0.1, 0.15) is 12.4 Å². The average molecular weight is 580 g/mol. The van der Waals surface area contributed by atoms with Crippen LogP contribution >= 0.6 is 11.3 Å². The summed E-state index contributed by atoms with van der Waals surface area (Å²) in [5.41, 5.74) is 2.74. The van der Waals surface area contributed by atoms with Crippen molar-refractivity contribution in [2.75, 3.05) is 25.6 Å². The SMILES string of the molecule is C#CCOc1ccc(/C=c2\sc3n(c2=O)[C@@H](c2cccc(OC)c2)C(C(=O)Nc2ccccc2)=C(C)N=3)cc1OCC. The lowest BCUT2D eigenvalue weighted by Crippen LogP contribution is -2.40. The van der Waals surface area contributed by atoms with Crippen LogP contribution in [-0.4, -0.2) is 30.8 Å². The molecule has 4 aromatic rings. The Balaban J connectivity index is 1.64. The first-order chi connectivity index (χ1) is 20.4. The van der Waals surface area contributed by atoms with Crippen molar-refractivity contribution in [2.45, 2.75) is 19.9 Å². The van der Waals surface area contributed by atoms with Crippen molar-refractivity contribution in [3.8, 4) is 29.6 Å². The Bertz CT molecular complexity index is 1880. The molecular weight excluding hydrogens is 550 g/mol. The van der Waals surface area contributed by atoms with Crippen LogP contribution in [-0.2, 0) is 4.79 Å². The van der Waals surface area contributed by atoms with E-state index in [1.807, 2.05) is 67.6 Å². The van der Waals surface area contributed by atoms with E-state index < -0.39 is 6.04 Å². The monoisotopic (exact) mass is 579 g/mol. The average Bonchev–Trinajstić information content (AvgIpc) is 3.30. The Morgan fingerprint density at radius 3 is 2.64 bits per heavy atom. The number of terminal acetylenes is 1. The number of para-hydroxylation sites is 1. The summed E-state index contributed by atoms with van der Waals surface area (Å²) in [7, 11) is 1.58. The van der Waals surface area contributed by atoms with Crippen LogP contribution in [0, 0.1) is 12.3 Å². The number of rotatable bonds is 9. The van der Waals surface area contributed by atoms with Gasteiger partial charge in [-0.1, -0.05) is 53.7 Å². The maximum Gasteiger partial charge on any atom is 0.271 e. The molecule has 0 bridgehead atoms. The second-order valence-electron chi connectivity index (χ2n) is 9.31. The number of carbonyl (C=O) groups excluding carboxylic acids is 1. The van der Waals surface area contributed by atoms with E-state index >= 15 is 0 Å². The van der Waals surface area contributed by atoms with Crippen LogP contribution in [0.5, 0.6) is 17.2 Å². The maximum atomic E-state index is 14.0. The highest BCUT2D eigenvalue weighted by atomic mass is 32.1. The number of hydrogen-bond donors (Lipinski definition) is 1. The second-order valence-corrected chi connectivity index (χ2v) is 10.3. The Hall–Kier alpha value is -5.07. The third-order valence-corrected chi connectivity index (χ3v) is 7.57. The lowest BCUT2D eigenvalue weighted by Gasteiger charge is -2.25. The Kier molecular flexibility index (Phi) is 8.55. The molecule has 5 rings (SSSR count). The summed E-state index contributed by atoms with van der Waals surface area (Å²) in [6.07, 6.45) is 7.12. The van der Waals surface area contributed by atoms with Gasteiger partial charge in [0, 0.05) is 5.69 Å². The summed E-state index contributed by atoms with van der Waals surface area (Å²) in [5.74, 6) is 3.78. The summed E-state index contributed by atoms with van der Waals surface area (Å²) in [4.78, 5) is 33.0. The fourth-order valence-corrected chi connectivity index (χ4v) is 5.78. The molecule has 8 nitrogen and oxygen atoms in total. The molecule has 1 atom stereocenters. The molecule has 1 aliphatic rings. The zero-order valence-electron chi connectivity index (χ0n) is 23.4. The van der Waals surface area contributed by atoms with Crippen molar-refractivity contribution in [3.63, 3.8) is 0 Å². The Labute approximate surface area is 247 Å². The van der Waals surface area contributed by atoms with Crippen molar-refractivity contribution >= 4 is 29.0 Å². The molecule has 1 aliphatic heterocycles. The third kappa shape index (κ3) is 5.85. The number of thiazole rings is 1. The first kappa shape index (κ1) is 28.5. The lowest BCUT2D eigenvalue weighted by molar-refractivity contribution is -0.113. The zero-order valence-corrected chi connectivity index (χ0v) is 24.2. The van der Waals surface area contributed by atoms with Gasteiger partial charge in [-0.15, -0.1) is 6.42 Å². The number of methoxy groups -OCH3 is 1. The topological polar surface area (TPSA) is 91.2 Å². The van der Waals surface area contributed by atoms with Crippen LogP contribution in [0.3, 0.4) is 0 Å². The molecule has 0 fully saturated rings. The predicted octanol–water partition coefficient (Wildman–Crippen LogP) is 4.29. The number of hydrogen-bond acceptors (Lipinski definition) is 7. The second kappa shape index (κ2) is 12.6. The minimum absolute atomic E-state index is 0.113. The molecule has 0 radical (unpaired) electrons. The summed E-state index contributed by atoms with van der Waals surface area (Å²) in [5, 5.41) is 2.96. The number of aromatic nitrogens is 1. The number of carbonyl (C=O) groups is 1. The molecule has 42 heavy (non-hydrogen) atoms. The number of fused-ring (bicyclic) bond motifs is 1. The predicted molar refractivity (Wildman–Crippen MR) is 164 cm³/mol. The standard InChI is InChI=1S/C33H29N3O5S/c1-5-17-41-26-16-15-22(18-27(26)40-6-2)19-28-32(38)36-30(23-11-10-14-25(20-23)39-4)29(21(3)34-33(36)42-28)31(37)35-24-12-8-7-9-13-24/h1,7-16,18-20,30H,6,17H2,2-4H3,(H,35,37)/b28-19-/t30-/m0/s1. The number of ether oxygens (including phenoxy) is 3. The van der Waals surface area contributed by atoms with Crippen LogP contribution in [0.2, 0.25) is 0 Å². The van der Waals surface area contributed by atoms with Crippen molar-refractivity contribution in [3.05, 3.63) is 115 Å². The number of nitrogens with zero attached hydrogens (tertiary/aromatic N) is 2. The van der Waals surface area contributed by atoms with E-state index in [4.69, 9.17) is 25.6 Å². The van der Waals surface area contributed by atoms with Gasteiger partial charge in [0.25, 0.3) is 11.5 Å². The van der Waals surface area contributed by atoms with Gasteiger partial charge in [-0.05, 0) is 67.4 Å². The van der Waals surface area contributed by atoms with E-state index in [0.29, 0.717) is 50.1 Å². The Morgan fingerprint density at radius 1 is 1.10 bits per heavy atom. The first-order valence-electron chi connectivity index (χ1n) is 13.3. The molecule has 9 heteroatoms. The highest BCUT2D eigenvalue weighted by Gasteiger charge is 2.32. The largest absolute Gasteiger partial charge is 0.497 e. The van der Waals surface area contributed by atoms with Crippen LogP contribution in [0.15, 0.2) is 93.9 Å². The van der Waals surface area contributed by atoms with Crippen LogP contribution in [0.25, 0.3) is 6.08 Å². The summed E-state index contributed by atoms with van der Waals surface area (Å²) in [6, 6.07) is 21.2. The van der Waals surface area contributed by atoms with Gasteiger partial charge in [0.15, 0.2) is 16.3 Å². The van der Waals surface area contributed by atoms with Gasteiger partial charge in [-0.3, -0.25) is 14.2 Å². The fraction of sp³-hybridized carbons (Fsp3) is 0.182. The van der Waals surface area contributed by atoms with E-state index in [9.17, 15) is 9.59 Å². The van der Waals surface area contributed by atoms with E-state index in [2.05, 4.69) is 11.2 Å². The van der Waals surface area contributed by atoms with Gasteiger partial charge in [-0.2, -0.15) is 0 Å². The minimum Gasteiger partial charge on any atom is -0.497 e. The summed E-state index contributed by atoms with van der Waals surface area (Å²) < 4.78 is 18.8. The first-order valence-corrected chi connectivity index (χ1v) is 14.1.